The van der Waals surface area contributed by atoms with E-state index >= 15 is 0 Å². The third kappa shape index (κ3) is 6.02. The van der Waals surface area contributed by atoms with E-state index in [2.05, 4.69) is 5.32 Å². The Morgan fingerprint density at radius 3 is 2.09 bits per heavy atom. The van der Waals surface area contributed by atoms with Gasteiger partial charge >= 0.3 is 11.9 Å². The second kappa shape index (κ2) is 9.30. The molecular formula is C18H27NO4. The first-order valence-electron chi connectivity index (χ1n) is 7.95. The van der Waals surface area contributed by atoms with Crippen LogP contribution in [0.2, 0.25) is 0 Å². The predicted octanol–water partition coefficient (Wildman–Crippen LogP) is 2.54. The Hall–Kier alpha value is -1.88. The summed E-state index contributed by atoms with van der Waals surface area (Å²) in [7, 11) is 1.70. The zero-order valence-corrected chi connectivity index (χ0v) is 14.5. The molecule has 128 valence electrons. The summed E-state index contributed by atoms with van der Waals surface area (Å²) in [6.07, 6.45) is -0.902. The molecule has 0 bridgehead atoms. The Morgan fingerprint density at radius 1 is 1.00 bits per heavy atom. The number of esters is 2. The molecule has 0 fully saturated rings. The van der Waals surface area contributed by atoms with Crippen molar-refractivity contribution in [3.8, 4) is 0 Å². The topological polar surface area (TPSA) is 64.6 Å². The largest absolute Gasteiger partial charge is 0.458 e. The molecule has 0 radical (unpaired) electrons. The lowest BCUT2D eigenvalue weighted by molar-refractivity contribution is -0.173. The van der Waals surface area contributed by atoms with Crippen LogP contribution in [0.3, 0.4) is 0 Å². The molecule has 0 aliphatic heterocycles. The van der Waals surface area contributed by atoms with Crippen LogP contribution in [-0.2, 0) is 25.7 Å². The standard InChI is InChI=1S/C18H27NO4/c1-12(2)15(19-5)17(20)23-16(13(3)4)18(21)22-11-14-9-7-6-8-10-14/h6-10,12-13,15-16,19H,11H2,1-5H3/t15-,16+/m0/s1. The van der Waals surface area contributed by atoms with Crippen LogP contribution in [0, 0.1) is 11.8 Å². The minimum absolute atomic E-state index is 0.0700. The van der Waals surface area contributed by atoms with Crippen molar-refractivity contribution in [2.24, 2.45) is 11.8 Å². The lowest BCUT2D eigenvalue weighted by atomic mass is 10.0. The van der Waals surface area contributed by atoms with Crippen LogP contribution in [0.15, 0.2) is 30.3 Å². The highest BCUT2D eigenvalue weighted by Crippen LogP contribution is 2.14. The summed E-state index contributed by atoms with van der Waals surface area (Å²) in [5, 5.41) is 2.92. The van der Waals surface area contributed by atoms with E-state index in [9.17, 15) is 9.59 Å². The summed E-state index contributed by atoms with van der Waals surface area (Å²) in [6.45, 7) is 7.65. The Morgan fingerprint density at radius 2 is 1.61 bits per heavy atom. The number of rotatable bonds is 8. The van der Waals surface area contributed by atoms with Gasteiger partial charge in [0.2, 0.25) is 6.10 Å². The van der Waals surface area contributed by atoms with Gasteiger partial charge in [0, 0.05) is 5.92 Å². The summed E-state index contributed by atoms with van der Waals surface area (Å²) in [4.78, 5) is 24.5. The second-order valence-electron chi connectivity index (χ2n) is 6.21. The van der Waals surface area contributed by atoms with Gasteiger partial charge in [-0.15, -0.1) is 0 Å². The molecule has 1 aromatic rings. The third-order valence-corrected chi connectivity index (χ3v) is 3.54. The highest BCUT2D eigenvalue weighted by Gasteiger charge is 2.31. The van der Waals surface area contributed by atoms with Crippen molar-refractivity contribution in [2.75, 3.05) is 7.05 Å². The molecule has 23 heavy (non-hydrogen) atoms. The van der Waals surface area contributed by atoms with Crippen LogP contribution in [0.1, 0.15) is 33.3 Å². The van der Waals surface area contributed by atoms with Crippen molar-refractivity contribution >= 4 is 11.9 Å². The van der Waals surface area contributed by atoms with Gasteiger partial charge in [-0.2, -0.15) is 0 Å². The van der Waals surface area contributed by atoms with E-state index in [0.717, 1.165) is 5.56 Å². The first kappa shape index (κ1) is 19.2. The number of hydrogen-bond donors (Lipinski definition) is 1. The molecule has 1 N–H and O–H groups in total. The maximum Gasteiger partial charge on any atom is 0.348 e. The fraction of sp³-hybridized carbons (Fsp3) is 0.556. The van der Waals surface area contributed by atoms with Gasteiger partial charge in [0.05, 0.1) is 0 Å². The molecule has 2 atom stereocenters. The minimum atomic E-state index is -0.902. The summed E-state index contributed by atoms with van der Waals surface area (Å²) in [5.74, 6) is -1.04. The van der Waals surface area contributed by atoms with E-state index in [4.69, 9.17) is 9.47 Å². The van der Waals surface area contributed by atoms with Crippen molar-refractivity contribution in [3.63, 3.8) is 0 Å². The van der Waals surface area contributed by atoms with Crippen molar-refractivity contribution in [1.82, 2.24) is 5.32 Å². The Kier molecular flexibility index (Phi) is 7.75. The molecule has 5 nitrogen and oxygen atoms in total. The van der Waals surface area contributed by atoms with Crippen LogP contribution in [0.5, 0.6) is 0 Å². The number of nitrogens with one attached hydrogen (secondary N) is 1. The number of carbonyl (C=O) groups is 2. The molecule has 0 aliphatic carbocycles. The van der Waals surface area contributed by atoms with E-state index in [0.29, 0.717) is 0 Å². The van der Waals surface area contributed by atoms with Crippen LogP contribution in [0.4, 0.5) is 0 Å². The van der Waals surface area contributed by atoms with Gasteiger partial charge in [-0.3, -0.25) is 4.79 Å². The van der Waals surface area contributed by atoms with E-state index < -0.39 is 24.1 Å². The molecule has 0 aromatic heterocycles. The van der Waals surface area contributed by atoms with E-state index in [-0.39, 0.29) is 18.4 Å². The number of hydrogen-bond acceptors (Lipinski definition) is 5. The predicted molar refractivity (Wildman–Crippen MR) is 88.6 cm³/mol. The normalized spacial score (nSPS) is 13.7. The van der Waals surface area contributed by atoms with Gasteiger partial charge in [-0.05, 0) is 18.5 Å². The molecule has 1 aromatic carbocycles. The average molecular weight is 321 g/mol. The summed E-state index contributed by atoms with van der Waals surface area (Å²) >= 11 is 0. The Balaban J connectivity index is 2.66. The maximum atomic E-state index is 12.3. The zero-order valence-electron chi connectivity index (χ0n) is 14.5. The molecule has 0 spiro atoms. The molecule has 5 heteroatoms. The highest BCUT2D eigenvalue weighted by molar-refractivity contribution is 5.82. The quantitative estimate of drug-likeness (QED) is 0.746. The number of ether oxygens (including phenoxy) is 2. The number of benzene rings is 1. The van der Waals surface area contributed by atoms with Crippen LogP contribution in [-0.4, -0.2) is 31.1 Å². The van der Waals surface area contributed by atoms with Gasteiger partial charge in [-0.1, -0.05) is 58.0 Å². The van der Waals surface area contributed by atoms with Crippen molar-refractivity contribution < 1.29 is 19.1 Å². The van der Waals surface area contributed by atoms with Crippen molar-refractivity contribution in [2.45, 2.75) is 46.4 Å². The SMILES string of the molecule is CN[C@H](C(=O)O[C@@H](C(=O)OCc1ccccc1)C(C)C)C(C)C. The molecule has 0 aliphatic rings. The van der Waals surface area contributed by atoms with Gasteiger partial charge < -0.3 is 14.8 Å². The van der Waals surface area contributed by atoms with Gasteiger partial charge in [0.1, 0.15) is 12.6 Å². The molecular weight excluding hydrogens is 294 g/mol. The van der Waals surface area contributed by atoms with Crippen molar-refractivity contribution in [3.05, 3.63) is 35.9 Å². The Labute approximate surface area is 138 Å². The smallest absolute Gasteiger partial charge is 0.348 e. The van der Waals surface area contributed by atoms with Gasteiger partial charge in [0.25, 0.3) is 0 Å². The van der Waals surface area contributed by atoms with Crippen molar-refractivity contribution in [1.29, 1.82) is 0 Å². The maximum absolute atomic E-state index is 12.3. The number of likely N-dealkylation sites (N-methyl/N-ethyl adjacent to an activating group) is 1. The molecule has 1 rings (SSSR count). The van der Waals surface area contributed by atoms with Crippen LogP contribution in [0.25, 0.3) is 0 Å². The summed E-state index contributed by atoms with van der Waals surface area (Å²) < 4.78 is 10.7. The first-order chi connectivity index (χ1) is 10.9. The molecule has 0 heterocycles. The first-order valence-corrected chi connectivity index (χ1v) is 7.95. The molecule has 0 saturated carbocycles. The second-order valence-corrected chi connectivity index (χ2v) is 6.21. The third-order valence-electron chi connectivity index (χ3n) is 3.54. The lowest BCUT2D eigenvalue weighted by Crippen LogP contribution is -2.44. The fourth-order valence-corrected chi connectivity index (χ4v) is 2.19. The number of carbonyl (C=O) groups excluding carboxylic acids is 2. The summed E-state index contributed by atoms with van der Waals surface area (Å²) in [5.41, 5.74) is 0.893. The molecule has 0 amide bonds. The monoisotopic (exact) mass is 321 g/mol. The Bertz CT molecular complexity index is 499. The van der Waals surface area contributed by atoms with Gasteiger partial charge in [-0.25, -0.2) is 4.79 Å². The molecule has 0 unspecified atom stereocenters. The van der Waals surface area contributed by atoms with Crippen LogP contribution < -0.4 is 5.32 Å². The highest BCUT2D eigenvalue weighted by atomic mass is 16.6. The van der Waals surface area contributed by atoms with E-state index in [1.54, 1.807) is 7.05 Å². The fourth-order valence-electron chi connectivity index (χ4n) is 2.19. The lowest BCUT2D eigenvalue weighted by Gasteiger charge is -2.24. The zero-order chi connectivity index (χ0) is 17.4. The van der Waals surface area contributed by atoms with Crippen LogP contribution >= 0.6 is 0 Å². The molecule has 0 saturated heterocycles. The minimum Gasteiger partial charge on any atom is -0.458 e. The van der Waals surface area contributed by atoms with E-state index in [1.165, 1.54) is 0 Å². The van der Waals surface area contributed by atoms with E-state index in [1.807, 2.05) is 58.0 Å². The average Bonchev–Trinajstić information content (AvgIpc) is 2.51. The van der Waals surface area contributed by atoms with Gasteiger partial charge in [0.15, 0.2) is 0 Å². The summed E-state index contributed by atoms with van der Waals surface area (Å²) in [6, 6.07) is 8.96.